The van der Waals surface area contributed by atoms with Gasteiger partial charge in [-0.05, 0) is 19.4 Å². The van der Waals surface area contributed by atoms with Gasteiger partial charge in [0, 0.05) is 18.7 Å². The second-order valence-electron chi connectivity index (χ2n) is 3.22. The summed E-state index contributed by atoms with van der Waals surface area (Å²) in [4.78, 5) is 10.4. The molecule has 12 heavy (non-hydrogen) atoms. The summed E-state index contributed by atoms with van der Waals surface area (Å²) in [5, 5.41) is 4.20. The molecule has 0 fully saturated rings. The van der Waals surface area contributed by atoms with Crippen molar-refractivity contribution < 1.29 is 4.79 Å². The Morgan fingerprint density at radius 3 is 2.83 bits per heavy atom. The molecule has 0 aliphatic rings. The van der Waals surface area contributed by atoms with Crippen LogP contribution in [-0.4, -0.2) is 16.1 Å². The molecule has 0 aromatic carbocycles. The second kappa shape index (κ2) is 3.52. The molecule has 0 aliphatic carbocycles. The lowest BCUT2D eigenvalue weighted by atomic mass is 10.1. The molecular formula is C9H14N2O. The molecule has 0 radical (unpaired) electrons. The summed E-state index contributed by atoms with van der Waals surface area (Å²) < 4.78 is 1.83. The van der Waals surface area contributed by atoms with Crippen molar-refractivity contribution in [2.75, 3.05) is 0 Å². The summed E-state index contributed by atoms with van der Waals surface area (Å²) in [6.45, 7) is 3.87. The van der Waals surface area contributed by atoms with Crippen LogP contribution in [0, 0.1) is 12.8 Å². The van der Waals surface area contributed by atoms with Crippen LogP contribution in [0.15, 0.2) is 6.07 Å². The van der Waals surface area contributed by atoms with Gasteiger partial charge in [-0.3, -0.25) is 4.68 Å². The van der Waals surface area contributed by atoms with Crippen molar-refractivity contribution in [2.45, 2.75) is 20.3 Å². The predicted octanol–water partition coefficient (Wildman–Crippen LogP) is 1.11. The molecule has 1 rings (SSSR count). The summed E-state index contributed by atoms with van der Waals surface area (Å²) in [6, 6.07) is 2.01. The first-order valence-electron chi connectivity index (χ1n) is 4.08. The largest absolute Gasteiger partial charge is 0.303 e. The van der Waals surface area contributed by atoms with Gasteiger partial charge < -0.3 is 4.79 Å². The van der Waals surface area contributed by atoms with Crippen LogP contribution < -0.4 is 0 Å². The van der Waals surface area contributed by atoms with E-state index < -0.39 is 0 Å². The van der Waals surface area contributed by atoms with Gasteiger partial charge in [0.1, 0.15) is 6.29 Å². The number of carbonyl (C=O) groups is 1. The van der Waals surface area contributed by atoms with Crippen LogP contribution in [0.4, 0.5) is 0 Å². The Morgan fingerprint density at radius 2 is 2.42 bits per heavy atom. The van der Waals surface area contributed by atoms with Gasteiger partial charge in [0.2, 0.25) is 0 Å². The monoisotopic (exact) mass is 166 g/mol. The highest BCUT2D eigenvalue weighted by Crippen LogP contribution is 2.07. The summed E-state index contributed by atoms with van der Waals surface area (Å²) in [5.41, 5.74) is 2.12. The molecular weight excluding hydrogens is 152 g/mol. The Kier molecular flexibility index (Phi) is 2.63. The van der Waals surface area contributed by atoms with Crippen molar-refractivity contribution in [3.63, 3.8) is 0 Å². The normalized spacial score (nSPS) is 12.9. The van der Waals surface area contributed by atoms with Crippen molar-refractivity contribution in [3.05, 3.63) is 17.5 Å². The zero-order chi connectivity index (χ0) is 9.14. The molecule has 3 nitrogen and oxygen atoms in total. The Morgan fingerprint density at radius 1 is 1.75 bits per heavy atom. The van der Waals surface area contributed by atoms with E-state index in [0.717, 1.165) is 24.1 Å². The van der Waals surface area contributed by atoms with Crippen LogP contribution in [0.5, 0.6) is 0 Å². The zero-order valence-corrected chi connectivity index (χ0v) is 7.74. The highest BCUT2D eigenvalue weighted by atomic mass is 16.1. The van der Waals surface area contributed by atoms with Gasteiger partial charge in [-0.2, -0.15) is 5.10 Å². The second-order valence-corrected chi connectivity index (χ2v) is 3.22. The Labute approximate surface area is 72.4 Å². The van der Waals surface area contributed by atoms with Gasteiger partial charge in [0.15, 0.2) is 0 Å². The highest BCUT2D eigenvalue weighted by molar-refractivity contribution is 5.53. The molecule has 3 heteroatoms. The van der Waals surface area contributed by atoms with E-state index >= 15 is 0 Å². The van der Waals surface area contributed by atoms with E-state index in [-0.39, 0.29) is 5.92 Å². The number of nitrogens with zero attached hydrogens (tertiary/aromatic N) is 2. The van der Waals surface area contributed by atoms with Gasteiger partial charge in [-0.1, -0.05) is 6.92 Å². The number of carbonyl (C=O) groups excluding carboxylic acids is 1. The topological polar surface area (TPSA) is 34.9 Å². The highest BCUT2D eigenvalue weighted by Gasteiger charge is 2.06. The van der Waals surface area contributed by atoms with Gasteiger partial charge >= 0.3 is 0 Å². The van der Waals surface area contributed by atoms with E-state index in [1.165, 1.54) is 0 Å². The zero-order valence-electron chi connectivity index (χ0n) is 7.74. The lowest BCUT2D eigenvalue weighted by molar-refractivity contribution is -0.110. The molecule has 0 N–H and O–H groups in total. The van der Waals surface area contributed by atoms with Crippen LogP contribution in [0.3, 0.4) is 0 Å². The Bertz CT molecular complexity index is 278. The molecule has 0 saturated carbocycles. The first kappa shape index (κ1) is 8.97. The van der Waals surface area contributed by atoms with Crippen molar-refractivity contribution >= 4 is 6.29 Å². The SMILES string of the molecule is Cc1cc(CC(C)C=O)n(C)n1. The summed E-state index contributed by atoms with van der Waals surface area (Å²) in [6.07, 6.45) is 1.75. The Balaban J connectivity index is 2.74. The predicted molar refractivity (Wildman–Crippen MR) is 46.9 cm³/mol. The van der Waals surface area contributed by atoms with Crippen LogP contribution in [0.2, 0.25) is 0 Å². The van der Waals surface area contributed by atoms with E-state index in [2.05, 4.69) is 5.10 Å². The molecule has 1 aromatic heterocycles. The summed E-state index contributed by atoms with van der Waals surface area (Å²) in [5.74, 6) is 0.0831. The third-order valence-corrected chi connectivity index (χ3v) is 1.86. The van der Waals surface area contributed by atoms with Gasteiger partial charge in [-0.15, -0.1) is 0 Å². The van der Waals surface area contributed by atoms with Gasteiger partial charge in [0.05, 0.1) is 5.69 Å². The number of hydrogen-bond acceptors (Lipinski definition) is 2. The first-order valence-corrected chi connectivity index (χ1v) is 4.08. The molecule has 0 aliphatic heterocycles. The lowest BCUT2D eigenvalue weighted by Crippen LogP contribution is -2.05. The fraction of sp³-hybridized carbons (Fsp3) is 0.556. The average molecular weight is 166 g/mol. The fourth-order valence-electron chi connectivity index (χ4n) is 1.23. The van der Waals surface area contributed by atoms with Gasteiger partial charge in [0.25, 0.3) is 0 Å². The van der Waals surface area contributed by atoms with E-state index in [1.54, 1.807) is 0 Å². The lowest BCUT2D eigenvalue weighted by Gasteiger charge is -2.02. The minimum atomic E-state index is 0.0831. The van der Waals surface area contributed by atoms with Crippen molar-refractivity contribution in [1.29, 1.82) is 0 Å². The molecule has 1 heterocycles. The molecule has 1 aromatic rings. The number of aryl methyl sites for hydroxylation is 2. The Hall–Kier alpha value is -1.12. The first-order chi connectivity index (χ1) is 5.63. The summed E-state index contributed by atoms with van der Waals surface area (Å²) in [7, 11) is 1.90. The standard InChI is InChI=1S/C9H14N2O/c1-7(6-12)4-9-5-8(2)10-11(9)3/h5-7H,4H2,1-3H3. The van der Waals surface area contributed by atoms with E-state index in [1.807, 2.05) is 31.6 Å². The van der Waals surface area contributed by atoms with Crippen LogP contribution in [0.25, 0.3) is 0 Å². The van der Waals surface area contributed by atoms with Crippen molar-refractivity contribution in [2.24, 2.45) is 13.0 Å². The molecule has 0 bridgehead atoms. The molecule has 0 spiro atoms. The number of aromatic nitrogens is 2. The molecule has 1 unspecified atom stereocenters. The van der Waals surface area contributed by atoms with Crippen molar-refractivity contribution in [1.82, 2.24) is 9.78 Å². The van der Waals surface area contributed by atoms with Crippen LogP contribution >= 0.6 is 0 Å². The minimum Gasteiger partial charge on any atom is -0.303 e. The summed E-state index contributed by atoms with van der Waals surface area (Å²) >= 11 is 0. The molecule has 0 amide bonds. The number of aldehydes is 1. The van der Waals surface area contributed by atoms with Crippen molar-refractivity contribution in [3.8, 4) is 0 Å². The fourth-order valence-corrected chi connectivity index (χ4v) is 1.23. The van der Waals surface area contributed by atoms with Crippen LogP contribution in [-0.2, 0) is 18.3 Å². The third kappa shape index (κ3) is 1.94. The maximum absolute atomic E-state index is 10.4. The smallest absolute Gasteiger partial charge is 0.123 e. The number of hydrogen-bond donors (Lipinski definition) is 0. The molecule has 66 valence electrons. The maximum Gasteiger partial charge on any atom is 0.123 e. The average Bonchev–Trinajstić information content (AvgIpc) is 2.30. The number of rotatable bonds is 3. The van der Waals surface area contributed by atoms with Gasteiger partial charge in [-0.25, -0.2) is 0 Å². The minimum absolute atomic E-state index is 0.0831. The molecule has 0 saturated heterocycles. The van der Waals surface area contributed by atoms with Crippen LogP contribution in [0.1, 0.15) is 18.3 Å². The maximum atomic E-state index is 10.4. The quantitative estimate of drug-likeness (QED) is 0.630. The van der Waals surface area contributed by atoms with E-state index in [9.17, 15) is 4.79 Å². The van der Waals surface area contributed by atoms with E-state index in [0.29, 0.717) is 0 Å². The molecule has 1 atom stereocenters. The van der Waals surface area contributed by atoms with E-state index in [4.69, 9.17) is 0 Å². The third-order valence-electron chi connectivity index (χ3n) is 1.86.